The van der Waals surface area contributed by atoms with Crippen molar-refractivity contribution in [1.82, 2.24) is 0 Å². The first-order chi connectivity index (χ1) is 8.99. The van der Waals surface area contributed by atoms with Crippen molar-refractivity contribution in [2.45, 2.75) is 26.0 Å². The minimum Gasteiger partial charge on any atom is -0.373 e. The van der Waals surface area contributed by atoms with E-state index in [1.807, 2.05) is 26.0 Å². The van der Waals surface area contributed by atoms with Gasteiger partial charge < -0.3 is 21.1 Å². The standard InChI is InChI=1S/C14H21N3O2/c1-9-7-11(3-4-12(9)14(16)18)17-5-6-19-13(8-17)10(2)15/h3-4,7,10,13H,5-6,8,15H2,1-2H3,(H2,16,18). The fourth-order valence-electron chi connectivity index (χ4n) is 2.35. The molecule has 0 bridgehead atoms. The fraction of sp³-hybridized carbons (Fsp3) is 0.500. The number of carbonyl (C=O) groups excluding carboxylic acids is 1. The molecule has 1 amide bonds. The summed E-state index contributed by atoms with van der Waals surface area (Å²) in [5, 5.41) is 0. The van der Waals surface area contributed by atoms with Gasteiger partial charge in [0, 0.05) is 30.4 Å². The van der Waals surface area contributed by atoms with Crippen LogP contribution in [-0.4, -0.2) is 37.7 Å². The number of ether oxygens (including phenoxy) is 1. The minimum atomic E-state index is -0.389. The van der Waals surface area contributed by atoms with E-state index in [4.69, 9.17) is 16.2 Å². The van der Waals surface area contributed by atoms with Gasteiger partial charge in [0.25, 0.3) is 0 Å². The van der Waals surface area contributed by atoms with Crippen LogP contribution < -0.4 is 16.4 Å². The molecule has 104 valence electrons. The highest BCUT2D eigenvalue weighted by atomic mass is 16.5. The zero-order valence-electron chi connectivity index (χ0n) is 11.4. The number of primary amides is 1. The van der Waals surface area contributed by atoms with Crippen molar-refractivity contribution in [3.63, 3.8) is 0 Å². The van der Waals surface area contributed by atoms with Crippen LogP contribution in [0.3, 0.4) is 0 Å². The van der Waals surface area contributed by atoms with E-state index in [-0.39, 0.29) is 18.1 Å². The monoisotopic (exact) mass is 263 g/mol. The summed E-state index contributed by atoms with van der Waals surface area (Å²) in [4.78, 5) is 13.5. The lowest BCUT2D eigenvalue weighted by atomic mass is 10.1. The molecule has 0 aromatic heterocycles. The van der Waals surface area contributed by atoms with Crippen LogP contribution in [0.5, 0.6) is 0 Å². The van der Waals surface area contributed by atoms with Crippen LogP contribution in [0.2, 0.25) is 0 Å². The van der Waals surface area contributed by atoms with Gasteiger partial charge in [0.2, 0.25) is 5.91 Å². The lowest BCUT2D eigenvalue weighted by molar-refractivity contribution is 0.0276. The topological polar surface area (TPSA) is 81.6 Å². The van der Waals surface area contributed by atoms with Crippen LogP contribution in [-0.2, 0) is 4.74 Å². The molecular formula is C14H21N3O2. The number of hydrogen-bond acceptors (Lipinski definition) is 4. The molecule has 1 aliphatic rings. The number of nitrogens with zero attached hydrogens (tertiary/aromatic N) is 1. The van der Waals surface area contributed by atoms with Gasteiger partial charge in [-0.2, -0.15) is 0 Å². The molecule has 1 fully saturated rings. The van der Waals surface area contributed by atoms with E-state index in [0.717, 1.165) is 24.3 Å². The normalized spacial score (nSPS) is 21.2. The van der Waals surface area contributed by atoms with Gasteiger partial charge in [-0.15, -0.1) is 0 Å². The molecule has 1 saturated heterocycles. The van der Waals surface area contributed by atoms with E-state index in [1.54, 1.807) is 6.07 Å². The number of hydrogen-bond donors (Lipinski definition) is 2. The first-order valence-electron chi connectivity index (χ1n) is 6.51. The number of anilines is 1. The zero-order chi connectivity index (χ0) is 14.0. The van der Waals surface area contributed by atoms with Gasteiger partial charge in [0.1, 0.15) is 0 Å². The fourth-order valence-corrected chi connectivity index (χ4v) is 2.35. The molecule has 5 nitrogen and oxygen atoms in total. The highest BCUT2D eigenvalue weighted by Gasteiger charge is 2.23. The molecule has 1 heterocycles. The Balaban J connectivity index is 2.18. The van der Waals surface area contributed by atoms with Gasteiger partial charge in [-0.1, -0.05) is 0 Å². The Labute approximate surface area is 113 Å². The van der Waals surface area contributed by atoms with Crippen molar-refractivity contribution in [2.75, 3.05) is 24.6 Å². The van der Waals surface area contributed by atoms with E-state index >= 15 is 0 Å². The molecule has 2 unspecified atom stereocenters. The Hall–Kier alpha value is -1.59. The Morgan fingerprint density at radius 1 is 1.53 bits per heavy atom. The van der Waals surface area contributed by atoms with Crippen LogP contribution in [0, 0.1) is 6.92 Å². The second-order valence-electron chi connectivity index (χ2n) is 5.08. The molecule has 0 spiro atoms. The highest BCUT2D eigenvalue weighted by molar-refractivity contribution is 5.94. The van der Waals surface area contributed by atoms with Gasteiger partial charge in [-0.05, 0) is 37.6 Å². The molecule has 4 N–H and O–H groups in total. The number of morpholine rings is 1. The summed E-state index contributed by atoms with van der Waals surface area (Å²) >= 11 is 0. The molecular weight excluding hydrogens is 242 g/mol. The summed E-state index contributed by atoms with van der Waals surface area (Å²) < 4.78 is 5.64. The maximum Gasteiger partial charge on any atom is 0.248 e. The molecule has 1 aliphatic heterocycles. The lowest BCUT2D eigenvalue weighted by Crippen LogP contribution is -2.49. The zero-order valence-corrected chi connectivity index (χ0v) is 11.4. The van der Waals surface area contributed by atoms with E-state index < -0.39 is 0 Å². The molecule has 1 aromatic carbocycles. The van der Waals surface area contributed by atoms with Crippen LogP contribution in [0.15, 0.2) is 18.2 Å². The maximum atomic E-state index is 11.2. The number of rotatable bonds is 3. The number of nitrogens with two attached hydrogens (primary N) is 2. The van der Waals surface area contributed by atoms with Crippen molar-refractivity contribution in [3.8, 4) is 0 Å². The Morgan fingerprint density at radius 2 is 2.26 bits per heavy atom. The summed E-state index contributed by atoms with van der Waals surface area (Å²) in [6.07, 6.45) is 0.0462. The van der Waals surface area contributed by atoms with Crippen LogP contribution in [0.4, 0.5) is 5.69 Å². The predicted octanol–water partition coefficient (Wildman–Crippen LogP) is 0.646. The molecule has 1 aromatic rings. The van der Waals surface area contributed by atoms with Crippen LogP contribution >= 0.6 is 0 Å². The van der Waals surface area contributed by atoms with Gasteiger partial charge >= 0.3 is 0 Å². The van der Waals surface area contributed by atoms with Crippen molar-refractivity contribution >= 4 is 11.6 Å². The highest BCUT2D eigenvalue weighted by Crippen LogP contribution is 2.22. The Kier molecular flexibility index (Phi) is 4.07. The van der Waals surface area contributed by atoms with Gasteiger partial charge in [-0.3, -0.25) is 4.79 Å². The predicted molar refractivity (Wildman–Crippen MR) is 75.3 cm³/mol. The summed E-state index contributed by atoms with van der Waals surface area (Å²) in [5.41, 5.74) is 13.8. The van der Waals surface area contributed by atoms with Crippen molar-refractivity contribution < 1.29 is 9.53 Å². The average molecular weight is 263 g/mol. The second kappa shape index (κ2) is 5.59. The molecule has 0 radical (unpaired) electrons. The van der Waals surface area contributed by atoms with Crippen molar-refractivity contribution in [2.24, 2.45) is 11.5 Å². The molecule has 19 heavy (non-hydrogen) atoms. The minimum absolute atomic E-state index is 0.00814. The summed E-state index contributed by atoms with van der Waals surface area (Å²) in [6.45, 7) is 6.12. The van der Waals surface area contributed by atoms with Crippen LogP contribution in [0.25, 0.3) is 0 Å². The van der Waals surface area contributed by atoms with Gasteiger partial charge in [0.05, 0.1) is 12.7 Å². The van der Waals surface area contributed by atoms with E-state index in [1.165, 1.54) is 0 Å². The van der Waals surface area contributed by atoms with Crippen molar-refractivity contribution in [1.29, 1.82) is 0 Å². The largest absolute Gasteiger partial charge is 0.373 e. The smallest absolute Gasteiger partial charge is 0.248 e. The Bertz CT molecular complexity index is 474. The number of carbonyl (C=O) groups is 1. The van der Waals surface area contributed by atoms with E-state index in [0.29, 0.717) is 12.2 Å². The first-order valence-corrected chi connectivity index (χ1v) is 6.51. The van der Waals surface area contributed by atoms with Crippen molar-refractivity contribution in [3.05, 3.63) is 29.3 Å². The number of aryl methyl sites for hydroxylation is 1. The summed E-state index contributed by atoms with van der Waals surface area (Å²) in [5.74, 6) is -0.389. The van der Waals surface area contributed by atoms with Crippen LogP contribution in [0.1, 0.15) is 22.8 Å². The quantitative estimate of drug-likeness (QED) is 0.838. The first kappa shape index (κ1) is 13.8. The third-order valence-corrected chi connectivity index (χ3v) is 3.52. The van der Waals surface area contributed by atoms with E-state index in [9.17, 15) is 4.79 Å². The summed E-state index contributed by atoms with van der Waals surface area (Å²) in [6, 6.07) is 5.71. The van der Waals surface area contributed by atoms with Gasteiger partial charge in [0.15, 0.2) is 0 Å². The third kappa shape index (κ3) is 3.05. The third-order valence-electron chi connectivity index (χ3n) is 3.52. The molecule has 5 heteroatoms. The second-order valence-corrected chi connectivity index (χ2v) is 5.08. The SMILES string of the molecule is Cc1cc(N2CCOC(C(C)N)C2)ccc1C(N)=O. The average Bonchev–Trinajstić information content (AvgIpc) is 2.38. The molecule has 2 atom stereocenters. The lowest BCUT2D eigenvalue weighted by Gasteiger charge is -2.36. The summed E-state index contributed by atoms with van der Waals surface area (Å²) in [7, 11) is 0. The van der Waals surface area contributed by atoms with Gasteiger partial charge in [-0.25, -0.2) is 0 Å². The molecule has 0 saturated carbocycles. The van der Waals surface area contributed by atoms with E-state index in [2.05, 4.69) is 4.90 Å². The maximum absolute atomic E-state index is 11.2. The molecule has 0 aliphatic carbocycles. The number of amides is 1. The Morgan fingerprint density at radius 3 is 2.84 bits per heavy atom. The number of benzene rings is 1. The molecule has 2 rings (SSSR count).